The number of hydrogen-bond acceptors (Lipinski definition) is 6. The SMILES string of the molecule is Cc1nc(C(=O)NCC(=O)O)c(O)c2c(-c3ccc(F)cc3)nsc12. The van der Waals surface area contributed by atoms with Gasteiger partial charge in [-0.2, -0.15) is 4.37 Å². The number of aryl methyl sites for hydroxylation is 1. The molecule has 0 saturated carbocycles. The van der Waals surface area contributed by atoms with E-state index in [4.69, 9.17) is 5.11 Å². The number of halogens is 1. The van der Waals surface area contributed by atoms with E-state index in [9.17, 15) is 19.1 Å². The Balaban J connectivity index is 2.14. The van der Waals surface area contributed by atoms with Gasteiger partial charge in [-0.1, -0.05) is 0 Å². The van der Waals surface area contributed by atoms with Crippen molar-refractivity contribution < 1.29 is 24.2 Å². The molecule has 0 saturated heterocycles. The number of carbonyl (C=O) groups is 2. The minimum Gasteiger partial charge on any atom is -0.505 e. The number of carboxylic acids is 1. The lowest BCUT2D eigenvalue weighted by molar-refractivity contribution is -0.135. The molecule has 2 heterocycles. The van der Waals surface area contributed by atoms with Crippen molar-refractivity contribution in [1.29, 1.82) is 0 Å². The number of nitrogens with zero attached hydrogens (tertiary/aromatic N) is 2. The Kier molecular flexibility index (Phi) is 4.32. The monoisotopic (exact) mass is 361 g/mol. The fourth-order valence-corrected chi connectivity index (χ4v) is 3.19. The Hall–Kier alpha value is -3.07. The van der Waals surface area contributed by atoms with Crippen molar-refractivity contribution in [3.8, 4) is 17.0 Å². The minimum absolute atomic E-state index is 0.283. The highest BCUT2D eigenvalue weighted by molar-refractivity contribution is 7.14. The van der Waals surface area contributed by atoms with E-state index < -0.39 is 30.0 Å². The molecule has 3 aromatic rings. The van der Waals surface area contributed by atoms with Crippen LogP contribution in [-0.2, 0) is 4.79 Å². The maximum atomic E-state index is 13.1. The fraction of sp³-hybridized carbons (Fsp3) is 0.125. The van der Waals surface area contributed by atoms with Gasteiger partial charge in [-0.15, -0.1) is 0 Å². The summed E-state index contributed by atoms with van der Waals surface area (Å²) in [4.78, 5) is 26.8. The lowest BCUT2D eigenvalue weighted by Crippen LogP contribution is -2.30. The highest BCUT2D eigenvalue weighted by Crippen LogP contribution is 2.39. The maximum Gasteiger partial charge on any atom is 0.322 e. The number of fused-ring (bicyclic) bond motifs is 1. The molecule has 3 rings (SSSR count). The Labute approximate surface area is 144 Å². The second-order valence-electron chi connectivity index (χ2n) is 5.21. The molecule has 0 aliphatic heterocycles. The zero-order chi connectivity index (χ0) is 18.1. The molecule has 0 spiro atoms. The van der Waals surface area contributed by atoms with Crippen LogP contribution >= 0.6 is 11.5 Å². The van der Waals surface area contributed by atoms with Crippen LogP contribution in [0.1, 0.15) is 16.2 Å². The molecular formula is C16H12FN3O4S. The predicted octanol–water partition coefficient (Wildman–Crippen LogP) is 2.33. The summed E-state index contributed by atoms with van der Waals surface area (Å²) >= 11 is 1.10. The number of nitrogens with one attached hydrogen (secondary N) is 1. The predicted molar refractivity (Wildman–Crippen MR) is 89.2 cm³/mol. The van der Waals surface area contributed by atoms with E-state index in [0.29, 0.717) is 27.0 Å². The van der Waals surface area contributed by atoms with Crippen LogP contribution in [0.3, 0.4) is 0 Å². The Morgan fingerprint density at radius 3 is 2.60 bits per heavy atom. The summed E-state index contributed by atoms with van der Waals surface area (Å²) in [7, 11) is 0. The Morgan fingerprint density at radius 1 is 1.28 bits per heavy atom. The third-order valence-electron chi connectivity index (χ3n) is 3.49. The molecule has 7 nitrogen and oxygen atoms in total. The average Bonchev–Trinajstić information content (AvgIpc) is 3.02. The standard InChI is InChI=1S/C16H12FN3O4S/c1-7-15-11(12(20-25-15)8-2-4-9(17)5-3-8)14(23)13(19-7)16(24)18-6-10(21)22/h2-5,23H,6H2,1H3,(H,18,24)(H,21,22). The first-order chi connectivity index (χ1) is 11.9. The summed E-state index contributed by atoms with van der Waals surface area (Å²) in [5.74, 6) is -2.81. The molecule has 9 heteroatoms. The lowest BCUT2D eigenvalue weighted by Gasteiger charge is -2.08. The molecule has 0 aliphatic rings. The van der Waals surface area contributed by atoms with Crippen molar-refractivity contribution in [3.63, 3.8) is 0 Å². The number of amides is 1. The van der Waals surface area contributed by atoms with Gasteiger partial charge in [0.1, 0.15) is 12.4 Å². The van der Waals surface area contributed by atoms with Gasteiger partial charge < -0.3 is 15.5 Å². The molecule has 0 unspecified atom stereocenters. The normalized spacial score (nSPS) is 10.8. The highest BCUT2D eigenvalue weighted by atomic mass is 32.1. The van der Waals surface area contributed by atoms with Crippen LogP contribution in [-0.4, -0.2) is 38.0 Å². The zero-order valence-corrected chi connectivity index (χ0v) is 13.7. The van der Waals surface area contributed by atoms with E-state index >= 15 is 0 Å². The van der Waals surface area contributed by atoms with Crippen molar-refractivity contribution in [2.45, 2.75) is 6.92 Å². The summed E-state index contributed by atoms with van der Waals surface area (Å²) in [6, 6.07) is 5.57. The average molecular weight is 361 g/mol. The number of aromatic hydroxyl groups is 1. The van der Waals surface area contributed by atoms with Gasteiger partial charge in [-0.3, -0.25) is 9.59 Å². The molecule has 1 amide bonds. The molecule has 0 radical (unpaired) electrons. The molecule has 2 aromatic heterocycles. The smallest absolute Gasteiger partial charge is 0.322 e. The highest BCUT2D eigenvalue weighted by Gasteiger charge is 2.23. The van der Waals surface area contributed by atoms with Crippen LogP contribution in [0.25, 0.3) is 21.3 Å². The third kappa shape index (κ3) is 3.13. The van der Waals surface area contributed by atoms with E-state index in [2.05, 4.69) is 14.7 Å². The molecule has 128 valence electrons. The van der Waals surface area contributed by atoms with E-state index in [0.717, 1.165) is 11.5 Å². The summed E-state index contributed by atoms with van der Waals surface area (Å²) in [6.07, 6.45) is 0. The molecule has 25 heavy (non-hydrogen) atoms. The van der Waals surface area contributed by atoms with Gasteiger partial charge in [-0.25, -0.2) is 9.37 Å². The van der Waals surface area contributed by atoms with Crippen LogP contribution in [0.15, 0.2) is 24.3 Å². The van der Waals surface area contributed by atoms with Gasteiger partial charge in [0, 0.05) is 5.56 Å². The van der Waals surface area contributed by atoms with E-state index in [1.165, 1.54) is 24.3 Å². The van der Waals surface area contributed by atoms with Gasteiger partial charge in [-0.05, 0) is 42.7 Å². The quantitative estimate of drug-likeness (QED) is 0.657. The Bertz CT molecular complexity index is 985. The first kappa shape index (κ1) is 16.8. The topological polar surface area (TPSA) is 112 Å². The van der Waals surface area contributed by atoms with Crippen LogP contribution in [0, 0.1) is 12.7 Å². The summed E-state index contributed by atoms with van der Waals surface area (Å²) in [6.45, 7) is 1.06. The first-order valence-corrected chi connectivity index (χ1v) is 7.90. The van der Waals surface area contributed by atoms with Crippen molar-refractivity contribution in [2.24, 2.45) is 0 Å². The summed E-state index contributed by atoms with van der Waals surface area (Å²) < 4.78 is 18.0. The van der Waals surface area contributed by atoms with Crippen molar-refractivity contribution >= 4 is 33.5 Å². The molecule has 0 aliphatic carbocycles. The van der Waals surface area contributed by atoms with Crippen molar-refractivity contribution in [2.75, 3.05) is 6.54 Å². The largest absolute Gasteiger partial charge is 0.505 e. The molecule has 0 bridgehead atoms. The second kappa shape index (κ2) is 6.44. The van der Waals surface area contributed by atoms with Gasteiger partial charge in [0.05, 0.1) is 21.5 Å². The van der Waals surface area contributed by atoms with E-state index in [1.807, 2.05) is 0 Å². The van der Waals surface area contributed by atoms with Crippen molar-refractivity contribution in [1.82, 2.24) is 14.7 Å². The van der Waals surface area contributed by atoms with Crippen LogP contribution < -0.4 is 5.32 Å². The van der Waals surface area contributed by atoms with Crippen LogP contribution in [0.4, 0.5) is 4.39 Å². The van der Waals surface area contributed by atoms with Gasteiger partial charge in [0.25, 0.3) is 5.91 Å². The number of benzene rings is 1. The number of pyridine rings is 1. The first-order valence-electron chi connectivity index (χ1n) is 7.13. The number of rotatable bonds is 4. The molecule has 3 N–H and O–H groups in total. The third-order valence-corrected chi connectivity index (χ3v) is 4.45. The van der Waals surface area contributed by atoms with E-state index in [1.54, 1.807) is 6.92 Å². The van der Waals surface area contributed by atoms with E-state index in [-0.39, 0.29) is 5.69 Å². The second-order valence-corrected chi connectivity index (χ2v) is 5.99. The van der Waals surface area contributed by atoms with Crippen LogP contribution in [0.5, 0.6) is 5.75 Å². The van der Waals surface area contributed by atoms with Gasteiger partial charge in [0.15, 0.2) is 11.4 Å². The van der Waals surface area contributed by atoms with Crippen molar-refractivity contribution in [3.05, 3.63) is 41.5 Å². The molecule has 1 aromatic carbocycles. The summed E-state index contributed by atoms with van der Waals surface area (Å²) in [5.41, 5.74) is 1.16. The Morgan fingerprint density at radius 2 is 1.96 bits per heavy atom. The maximum absolute atomic E-state index is 13.1. The fourth-order valence-electron chi connectivity index (χ4n) is 2.35. The number of carboxylic acid groups (broad SMARTS) is 1. The molecular weight excluding hydrogens is 349 g/mol. The van der Waals surface area contributed by atoms with Gasteiger partial charge >= 0.3 is 5.97 Å². The summed E-state index contributed by atoms with van der Waals surface area (Å²) in [5, 5.41) is 21.7. The minimum atomic E-state index is -1.21. The number of carbonyl (C=O) groups excluding carboxylic acids is 1. The molecule has 0 atom stereocenters. The molecule has 0 fully saturated rings. The van der Waals surface area contributed by atoms with Crippen LogP contribution in [0.2, 0.25) is 0 Å². The zero-order valence-electron chi connectivity index (χ0n) is 12.9. The van der Waals surface area contributed by atoms with Gasteiger partial charge in [0.2, 0.25) is 0 Å². The number of aliphatic carboxylic acids is 1. The number of aromatic nitrogens is 2. The number of hydrogen-bond donors (Lipinski definition) is 3. The lowest BCUT2D eigenvalue weighted by atomic mass is 10.1.